The number of carbonyl (C=O) groups is 1. The lowest BCUT2D eigenvalue weighted by Gasteiger charge is -2.25. The van der Waals surface area contributed by atoms with Gasteiger partial charge in [-0.3, -0.25) is 4.79 Å². The van der Waals surface area contributed by atoms with Crippen molar-refractivity contribution in [2.75, 3.05) is 12.3 Å². The van der Waals surface area contributed by atoms with Crippen LogP contribution in [0.5, 0.6) is 5.75 Å². The number of nitrogens with two attached hydrogens (primary N) is 1. The fraction of sp³-hybridized carbons (Fsp3) is 0.462. The first-order valence-corrected chi connectivity index (χ1v) is 5.92. The lowest BCUT2D eigenvalue weighted by atomic mass is 9.86. The monoisotopic (exact) mass is 255 g/mol. The minimum absolute atomic E-state index is 0.200. The molecule has 5 heteroatoms. The molecular formula is C13H15F2NO2. The third kappa shape index (κ3) is 2.30. The van der Waals surface area contributed by atoms with Gasteiger partial charge in [0.2, 0.25) is 0 Å². The molecule has 1 fully saturated rings. The molecule has 1 aromatic rings. The second-order valence-electron chi connectivity index (χ2n) is 4.63. The van der Waals surface area contributed by atoms with Crippen LogP contribution in [-0.2, 0) is 0 Å². The number of Topliss-reactive ketones (excluding diaryl/α,β-unsaturated/α-hetero) is 1. The van der Waals surface area contributed by atoms with Crippen LogP contribution in [0.3, 0.4) is 0 Å². The smallest absolute Gasteiger partial charge is 0.191 e. The van der Waals surface area contributed by atoms with Gasteiger partial charge in [0.1, 0.15) is 0 Å². The van der Waals surface area contributed by atoms with Gasteiger partial charge in [0.25, 0.3) is 0 Å². The zero-order valence-corrected chi connectivity index (χ0v) is 10.1. The molecule has 0 amide bonds. The number of benzene rings is 1. The average molecular weight is 255 g/mol. The molecule has 2 rings (SSSR count). The Kier molecular flexibility index (Phi) is 3.50. The molecule has 0 spiro atoms. The Morgan fingerprint density at radius 2 is 2.17 bits per heavy atom. The SMILES string of the molecule is CC(=O)c1c(N)cc(F)c(OCC2CCC2)c1F. The van der Waals surface area contributed by atoms with Gasteiger partial charge in [-0.25, -0.2) is 8.78 Å². The maximum atomic E-state index is 14.0. The van der Waals surface area contributed by atoms with Crippen molar-refractivity contribution in [2.24, 2.45) is 5.92 Å². The molecule has 0 atom stereocenters. The topological polar surface area (TPSA) is 52.3 Å². The highest BCUT2D eigenvalue weighted by atomic mass is 19.1. The molecule has 98 valence electrons. The number of halogens is 2. The molecular weight excluding hydrogens is 240 g/mol. The number of anilines is 1. The quantitative estimate of drug-likeness (QED) is 0.664. The summed E-state index contributed by atoms with van der Waals surface area (Å²) in [6, 6.07) is 0.927. The first-order chi connectivity index (χ1) is 8.50. The summed E-state index contributed by atoms with van der Waals surface area (Å²) in [4.78, 5) is 11.3. The molecule has 1 saturated carbocycles. The van der Waals surface area contributed by atoms with Gasteiger partial charge in [-0.1, -0.05) is 6.42 Å². The van der Waals surface area contributed by atoms with E-state index in [0.717, 1.165) is 25.3 Å². The first kappa shape index (κ1) is 12.8. The standard InChI is InChI=1S/C13H15F2NO2/c1-7(17)11-10(16)5-9(14)13(12(11)15)18-6-8-3-2-4-8/h5,8H,2-4,6,16H2,1H3. The second-order valence-corrected chi connectivity index (χ2v) is 4.63. The molecule has 0 unspecified atom stereocenters. The Hall–Kier alpha value is -1.65. The Labute approximate surface area is 104 Å². The number of carbonyl (C=O) groups excluding carboxylic acids is 1. The van der Waals surface area contributed by atoms with Crippen LogP contribution in [0.1, 0.15) is 36.5 Å². The van der Waals surface area contributed by atoms with Crippen molar-refractivity contribution in [1.82, 2.24) is 0 Å². The summed E-state index contributed by atoms with van der Waals surface area (Å²) >= 11 is 0. The van der Waals surface area contributed by atoms with E-state index >= 15 is 0 Å². The molecule has 0 saturated heterocycles. The van der Waals surface area contributed by atoms with Crippen LogP contribution in [0.2, 0.25) is 0 Å². The molecule has 0 aliphatic heterocycles. The minimum atomic E-state index is -1.00. The second kappa shape index (κ2) is 4.92. The van der Waals surface area contributed by atoms with Crippen LogP contribution in [0, 0.1) is 17.6 Å². The molecule has 1 aromatic carbocycles. The fourth-order valence-electron chi connectivity index (χ4n) is 1.97. The Morgan fingerprint density at radius 1 is 1.50 bits per heavy atom. The van der Waals surface area contributed by atoms with Crippen molar-refractivity contribution in [3.05, 3.63) is 23.3 Å². The summed E-state index contributed by atoms with van der Waals surface area (Å²) in [5.74, 6) is -2.56. The first-order valence-electron chi connectivity index (χ1n) is 5.92. The zero-order chi connectivity index (χ0) is 13.3. The zero-order valence-electron chi connectivity index (χ0n) is 10.1. The van der Waals surface area contributed by atoms with E-state index in [1.54, 1.807) is 0 Å². The summed E-state index contributed by atoms with van der Waals surface area (Å²) in [6.07, 6.45) is 3.15. The third-order valence-corrected chi connectivity index (χ3v) is 3.25. The third-order valence-electron chi connectivity index (χ3n) is 3.25. The van der Waals surface area contributed by atoms with Gasteiger partial charge in [-0.05, 0) is 25.7 Å². The van der Waals surface area contributed by atoms with Crippen LogP contribution >= 0.6 is 0 Å². The molecule has 2 N–H and O–H groups in total. The molecule has 1 aliphatic carbocycles. The summed E-state index contributed by atoms with van der Waals surface area (Å²) in [5.41, 5.74) is 4.92. The molecule has 0 radical (unpaired) electrons. The number of ether oxygens (including phenoxy) is 1. The molecule has 0 aromatic heterocycles. The van der Waals surface area contributed by atoms with Crippen LogP contribution in [0.4, 0.5) is 14.5 Å². The Bertz CT molecular complexity index is 484. The maximum absolute atomic E-state index is 14.0. The van der Waals surface area contributed by atoms with Crippen LogP contribution in [-0.4, -0.2) is 12.4 Å². The summed E-state index contributed by atoms with van der Waals surface area (Å²) < 4.78 is 32.7. The summed E-state index contributed by atoms with van der Waals surface area (Å²) in [7, 11) is 0. The van der Waals surface area contributed by atoms with Crippen molar-refractivity contribution >= 4 is 11.5 Å². The summed E-state index contributed by atoms with van der Waals surface area (Å²) in [5, 5.41) is 0. The largest absolute Gasteiger partial charge is 0.487 e. The van der Waals surface area contributed by atoms with Crippen molar-refractivity contribution in [3.63, 3.8) is 0 Å². The van der Waals surface area contributed by atoms with E-state index in [1.165, 1.54) is 6.92 Å². The Morgan fingerprint density at radius 3 is 2.67 bits per heavy atom. The normalized spacial score (nSPS) is 15.3. The van der Waals surface area contributed by atoms with E-state index in [0.29, 0.717) is 5.92 Å². The predicted octanol–water partition coefficient (Wildman–Crippen LogP) is 2.93. The number of ketones is 1. The fourth-order valence-corrected chi connectivity index (χ4v) is 1.97. The van der Waals surface area contributed by atoms with Gasteiger partial charge in [0.05, 0.1) is 12.2 Å². The minimum Gasteiger partial charge on any atom is -0.487 e. The van der Waals surface area contributed by atoms with Gasteiger partial charge < -0.3 is 10.5 Å². The highest BCUT2D eigenvalue weighted by Gasteiger charge is 2.24. The van der Waals surface area contributed by atoms with Crippen molar-refractivity contribution in [1.29, 1.82) is 0 Å². The van der Waals surface area contributed by atoms with Crippen LogP contribution in [0.25, 0.3) is 0 Å². The maximum Gasteiger partial charge on any atom is 0.191 e. The van der Waals surface area contributed by atoms with Gasteiger partial charge >= 0.3 is 0 Å². The van der Waals surface area contributed by atoms with Crippen molar-refractivity contribution in [3.8, 4) is 5.75 Å². The highest BCUT2D eigenvalue weighted by molar-refractivity contribution is 5.99. The molecule has 0 heterocycles. The van der Waals surface area contributed by atoms with Crippen molar-refractivity contribution in [2.45, 2.75) is 26.2 Å². The van der Waals surface area contributed by atoms with Gasteiger partial charge in [0.15, 0.2) is 23.2 Å². The average Bonchev–Trinajstić information content (AvgIpc) is 2.18. The molecule has 0 bridgehead atoms. The van der Waals surface area contributed by atoms with E-state index < -0.39 is 23.2 Å². The highest BCUT2D eigenvalue weighted by Crippen LogP contribution is 2.32. The van der Waals surface area contributed by atoms with Gasteiger partial charge in [0, 0.05) is 11.8 Å². The van der Waals surface area contributed by atoms with Crippen LogP contribution < -0.4 is 10.5 Å². The van der Waals surface area contributed by atoms with E-state index in [2.05, 4.69) is 0 Å². The predicted molar refractivity (Wildman–Crippen MR) is 63.6 cm³/mol. The molecule has 3 nitrogen and oxygen atoms in total. The number of rotatable bonds is 4. The van der Waals surface area contributed by atoms with Gasteiger partial charge in [-0.2, -0.15) is 0 Å². The van der Waals surface area contributed by atoms with E-state index in [-0.39, 0.29) is 17.9 Å². The van der Waals surface area contributed by atoms with Crippen molar-refractivity contribution < 1.29 is 18.3 Å². The van der Waals surface area contributed by atoms with Gasteiger partial charge in [-0.15, -0.1) is 0 Å². The Balaban J connectivity index is 2.27. The number of hydrogen-bond donors (Lipinski definition) is 1. The number of nitrogen functional groups attached to an aromatic ring is 1. The number of hydrogen-bond acceptors (Lipinski definition) is 3. The van der Waals surface area contributed by atoms with Crippen LogP contribution in [0.15, 0.2) is 6.07 Å². The van der Waals surface area contributed by atoms with E-state index in [4.69, 9.17) is 10.5 Å². The lowest BCUT2D eigenvalue weighted by Crippen LogP contribution is -2.20. The molecule has 1 aliphatic rings. The lowest BCUT2D eigenvalue weighted by molar-refractivity contribution is 0.101. The summed E-state index contributed by atoms with van der Waals surface area (Å²) in [6.45, 7) is 1.46. The van der Waals surface area contributed by atoms with E-state index in [9.17, 15) is 13.6 Å². The molecule has 18 heavy (non-hydrogen) atoms. The van der Waals surface area contributed by atoms with E-state index in [1.807, 2.05) is 0 Å².